The molecule has 2 aromatic rings. The Morgan fingerprint density at radius 2 is 1.96 bits per heavy atom. The Morgan fingerprint density at radius 3 is 2.61 bits per heavy atom. The van der Waals surface area contributed by atoms with Crippen molar-refractivity contribution in [2.24, 2.45) is 5.10 Å². The van der Waals surface area contributed by atoms with Crippen molar-refractivity contribution in [2.75, 3.05) is 20.3 Å². The maximum atomic E-state index is 12.9. The van der Waals surface area contributed by atoms with Crippen LogP contribution in [-0.4, -0.2) is 38.4 Å². The zero-order chi connectivity index (χ0) is 20.5. The number of esters is 1. The number of carbonyl (C=O) groups is 2. The number of hydrogen-bond acceptors (Lipinski definition) is 6. The first-order valence-electron chi connectivity index (χ1n) is 8.19. The molecule has 0 spiro atoms. The number of ether oxygens (including phenoxy) is 3. The Kier molecular flexibility index (Phi) is 7.76. The average Bonchev–Trinajstić information content (AvgIpc) is 2.67. The fraction of sp³-hybridized carbons (Fsp3) is 0.211. The van der Waals surface area contributed by atoms with Crippen LogP contribution in [0.15, 0.2) is 41.5 Å². The van der Waals surface area contributed by atoms with Crippen molar-refractivity contribution in [2.45, 2.75) is 6.92 Å². The summed E-state index contributed by atoms with van der Waals surface area (Å²) in [4.78, 5) is 23.4. The van der Waals surface area contributed by atoms with Gasteiger partial charge in [-0.1, -0.05) is 11.6 Å². The van der Waals surface area contributed by atoms with Crippen LogP contribution in [0.1, 0.15) is 22.8 Å². The molecule has 148 valence electrons. The molecular weight excluding hydrogens is 391 g/mol. The van der Waals surface area contributed by atoms with Crippen molar-refractivity contribution >= 4 is 29.7 Å². The Labute approximate surface area is 166 Å². The van der Waals surface area contributed by atoms with Crippen molar-refractivity contribution in [3.8, 4) is 11.5 Å². The quantitative estimate of drug-likeness (QED) is 0.412. The van der Waals surface area contributed by atoms with Crippen LogP contribution < -0.4 is 14.9 Å². The van der Waals surface area contributed by atoms with Gasteiger partial charge in [-0.3, -0.25) is 4.79 Å². The summed E-state index contributed by atoms with van der Waals surface area (Å²) in [6.45, 7) is 1.62. The van der Waals surface area contributed by atoms with Gasteiger partial charge in [0.2, 0.25) is 0 Å². The third kappa shape index (κ3) is 5.95. The minimum absolute atomic E-state index is 0.185. The van der Waals surface area contributed by atoms with E-state index in [4.69, 9.17) is 25.8 Å². The fourth-order valence-corrected chi connectivity index (χ4v) is 2.39. The summed E-state index contributed by atoms with van der Waals surface area (Å²) in [5, 5.41) is 4.03. The molecule has 2 rings (SSSR count). The van der Waals surface area contributed by atoms with Crippen molar-refractivity contribution < 1.29 is 28.2 Å². The van der Waals surface area contributed by atoms with Gasteiger partial charge in [0.1, 0.15) is 5.82 Å². The number of methoxy groups -OCH3 is 1. The van der Waals surface area contributed by atoms with Crippen LogP contribution in [0.5, 0.6) is 11.5 Å². The number of rotatable bonds is 8. The number of hydrazone groups is 1. The van der Waals surface area contributed by atoms with E-state index < -0.39 is 17.7 Å². The van der Waals surface area contributed by atoms with Crippen molar-refractivity contribution in [1.82, 2.24) is 5.43 Å². The Bertz CT molecular complexity index is 871. The molecule has 0 aliphatic heterocycles. The van der Waals surface area contributed by atoms with Gasteiger partial charge in [-0.15, -0.1) is 0 Å². The molecule has 0 heterocycles. The summed E-state index contributed by atoms with van der Waals surface area (Å²) in [7, 11) is 1.42. The molecule has 1 N–H and O–H groups in total. The minimum Gasteiger partial charge on any atom is -0.493 e. The topological polar surface area (TPSA) is 86.2 Å². The van der Waals surface area contributed by atoms with Gasteiger partial charge in [-0.05, 0) is 48.9 Å². The highest BCUT2D eigenvalue weighted by Gasteiger charge is 2.14. The smallest absolute Gasteiger partial charge is 0.344 e. The van der Waals surface area contributed by atoms with Crippen LogP contribution in [0, 0.1) is 5.82 Å². The van der Waals surface area contributed by atoms with E-state index in [9.17, 15) is 14.0 Å². The SMILES string of the molecule is CCOC(=O)COc1c(Cl)cc(/C=N\NC(=O)c2ccc(F)cc2)cc1OC. The average molecular weight is 409 g/mol. The first kappa shape index (κ1) is 21.2. The lowest BCUT2D eigenvalue weighted by Crippen LogP contribution is -2.17. The number of nitrogens with one attached hydrogen (secondary N) is 1. The van der Waals surface area contributed by atoms with E-state index in [0.717, 1.165) is 0 Å². The monoisotopic (exact) mass is 408 g/mol. The van der Waals surface area contributed by atoms with Gasteiger partial charge in [-0.2, -0.15) is 5.10 Å². The number of amides is 1. The predicted molar refractivity (Wildman–Crippen MR) is 102 cm³/mol. The van der Waals surface area contributed by atoms with E-state index in [1.807, 2.05) is 0 Å². The van der Waals surface area contributed by atoms with Gasteiger partial charge < -0.3 is 14.2 Å². The molecular formula is C19H18ClFN2O5. The molecule has 0 fully saturated rings. The lowest BCUT2D eigenvalue weighted by Gasteiger charge is -2.12. The van der Waals surface area contributed by atoms with E-state index in [2.05, 4.69) is 10.5 Å². The summed E-state index contributed by atoms with van der Waals surface area (Å²) in [5.74, 6) is -1.00. The van der Waals surface area contributed by atoms with Crippen LogP contribution in [0.3, 0.4) is 0 Å². The number of nitrogens with zero attached hydrogens (tertiary/aromatic N) is 1. The lowest BCUT2D eigenvalue weighted by atomic mass is 10.2. The molecule has 7 nitrogen and oxygen atoms in total. The Morgan fingerprint density at radius 1 is 1.25 bits per heavy atom. The van der Waals surface area contributed by atoms with Gasteiger partial charge in [-0.25, -0.2) is 14.6 Å². The molecule has 0 aliphatic carbocycles. The molecule has 0 saturated heterocycles. The lowest BCUT2D eigenvalue weighted by molar-refractivity contribution is -0.145. The van der Waals surface area contributed by atoms with Crippen LogP contribution >= 0.6 is 11.6 Å². The molecule has 9 heteroatoms. The number of halogens is 2. The number of benzene rings is 2. The summed E-state index contributed by atoms with van der Waals surface area (Å²) in [6.07, 6.45) is 1.35. The molecule has 0 atom stereocenters. The number of hydrogen-bond donors (Lipinski definition) is 1. The second kappa shape index (κ2) is 10.3. The van der Waals surface area contributed by atoms with Crippen LogP contribution in [0.4, 0.5) is 4.39 Å². The van der Waals surface area contributed by atoms with E-state index in [1.54, 1.807) is 13.0 Å². The van der Waals surface area contributed by atoms with Crippen LogP contribution in [0.2, 0.25) is 5.02 Å². The van der Waals surface area contributed by atoms with E-state index in [0.29, 0.717) is 5.56 Å². The molecule has 2 aromatic carbocycles. The molecule has 0 aromatic heterocycles. The summed E-state index contributed by atoms with van der Waals surface area (Å²) < 4.78 is 28.3. The van der Waals surface area contributed by atoms with Crippen molar-refractivity contribution in [3.05, 3.63) is 58.4 Å². The van der Waals surface area contributed by atoms with Gasteiger partial charge >= 0.3 is 5.97 Å². The second-order valence-electron chi connectivity index (χ2n) is 5.33. The minimum atomic E-state index is -0.533. The fourth-order valence-electron chi connectivity index (χ4n) is 2.12. The predicted octanol–water partition coefficient (Wildman–Crippen LogP) is 3.19. The molecule has 1 amide bonds. The normalized spacial score (nSPS) is 10.6. The molecule has 0 aliphatic rings. The van der Waals surface area contributed by atoms with Crippen molar-refractivity contribution in [1.29, 1.82) is 0 Å². The van der Waals surface area contributed by atoms with Gasteiger partial charge in [0, 0.05) is 5.56 Å². The molecule has 0 radical (unpaired) electrons. The molecule has 28 heavy (non-hydrogen) atoms. The second-order valence-corrected chi connectivity index (χ2v) is 5.74. The summed E-state index contributed by atoms with van der Waals surface area (Å²) in [5.41, 5.74) is 3.10. The molecule has 0 saturated carbocycles. The Balaban J connectivity index is 2.06. The third-order valence-corrected chi connectivity index (χ3v) is 3.66. The number of carbonyl (C=O) groups excluding carboxylic acids is 2. The van der Waals surface area contributed by atoms with Crippen molar-refractivity contribution in [3.63, 3.8) is 0 Å². The summed E-state index contributed by atoms with van der Waals surface area (Å²) in [6, 6.07) is 8.14. The van der Waals surface area contributed by atoms with Crippen LogP contribution in [-0.2, 0) is 9.53 Å². The maximum absolute atomic E-state index is 12.9. The van der Waals surface area contributed by atoms with Gasteiger partial charge in [0.05, 0.1) is 25.0 Å². The largest absolute Gasteiger partial charge is 0.493 e. The molecule has 0 unspecified atom stereocenters. The third-order valence-electron chi connectivity index (χ3n) is 3.38. The van der Waals surface area contributed by atoms with E-state index in [-0.39, 0.29) is 35.3 Å². The van der Waals surface area contributed by atoms with Crippen LogP contribution in [0.25, 0.3) is 0 Å². The van der Waals surface area contributed by atoms with E-state index >= 15 is 0 Å². The summed E-state index contributed by atoms with van der Waals surface area (Å²) >= 11 is 6.18. The maximum Gasteiger partial charge on any atom is 0.344 e. The zero-order valence-electron chi connectivity index (χ0n) is 15.2. The first-order valence-corrected chi connectivity index (χ1v) is 8.57. The zero-order valence-corrected chi connectivity index (χ0v) is 16.0. The highest BCUT2D eigenvalue weighted by atomic mass is 35.5. The van der Waals surface area contributed by atoms with Gasteiger partial charge in [0.25, 0.3) is 5.91 Å². The Hall–Kier alpha value is -3.13. The first-order chi connectivity index (χ1) is 13.4. The highest BCUT2D eigenvalue weighted by Crippen LogP contribution is 2.36. The van der Waals surface area contributed by atoms with E-state index in [1.165, 1.54) is 43.7 Å². The van der Waals surface area contributed by atoms with Gasteiger partial charge in [0.15, 0.2) is 18.1 Å². The standard InChI is InChI=1S/C19H18ClFN2O5/c1-3-27-17(24)11-28-18-15(20)8-12(9-16(18)26-2)10-22-23-19(25)13-4-6-14(21)7-5-13/h4-10H,3,11H2,1-2H3,(H,23,25)/b22-10-. The molecule has 0 bridgehead atoms. The highest BCUT2D eigenvalue weighted by molar-refractivity contribution is 6.32.